The third-order valence-corrected chi connectivity index (χ3v) is 2.47. The summed E-state index contributed by atoms with van der Waals surface area (Å²) in [5, 5.41) is 8.96. The van der Waals surface area contributed by atoms with E-state index in [1.165, 1.54) is 6.07 Å². The Labute approximate surface area is 98.5 Å². The van der Waals surface area contributed by atoms with Gasteiger partial charge in [-0.2, -0.15) is 0 Å². The normalized spacial score (nSPS) is 10.1. The van der Waals surface area contributed by atoms with Gasteiger partial charge in [-0.3, -0.25) is 0 Å². The standard InChI is InChI=1S/C13H12N2O2/c14-10-6-8(5-9(7-10)13(16)17)11-3-1-2-4-12(11)15/h1-7H,14-15H2,(H,16,17). The first-order valence-electron chi connectivity index (χ1n) is 5.06. The van der Waals surface area contributed by atoms with E-state index in [2.05, 4.69) is 0 Å². The van der Waals surface area contributed by atoms with Gasteiger partial charge in [-0.1, -0.05) is 18.2 Å². The number of nitrogens with two attached hydrogens (primary N) is 2. The van der Waals surface area contributed by atoms with E-state index >= 15 is 0 Å². The molecule has 4 nitrogen and oxygen atoms in total. The van der Waals surface area contributed by atoms with E-state index in [1.807, 2.05) is 18.2 Å². The molecule has 5 N–H and O–H groups in total. The summed E-state index contributed by atoms with van der Waals surface area (Å²) in [7, 11) is 0. The quantitative estimate of drug-likeness (QED) is 0.687. The van der Waals surface area contributed by atoms with Gasteiger partial charge in [-0.05, 0) is 29.8 Å². The Morgan fingerprint density at radius 1 is 1.06 bits per heavy atom. The summed E-state index contributed by atoms with van der Waals surface area (Å²) in [5.41, 5.74) is 14.2. The number of aromatic carboxylic acids is 1. The summed E-state index contributed by atoms with van der Waals surface area (Å²) in [4.78, 5) is 10.9. The van der Waals surface area contributed by atoms with Gasteiger partial charge < -0.3 is 16.6 Å². The average molecular weight is 228 g/mol. The summed E-state index contributed by atoms with van der Waals surface area (Å²) in [5.74, 6) is -1.01. The number of rotatable bonds is 2. The van der Waals surface area contributed by atoms with Gasteiger partial charge in [0.25, 0.3) is 0 Å². The zero-order valence-electron chi connectivity index (χ0n) is 9.05. The van der Waals surface area contributed by atoms with Crippen LogP contribution in [-0.2, 0) is 0 Å². The smallest absolute Gasteiger partial charge is 0.335 e. The molecule has 0 aliphatic rings. The summed E-state index contributed by atoms with van der Waals surface area (Å²) in [6.07, 6.45) is 0. The zero-order chi connectivity index (χ0) is 12.4. The fraction of sp³-hybridized carbons (Fsp3) is 0. The predicted octanol–water partition coefficient (Wildman–Crippen LogP) is 2.22. The lowest BCUT2D eigenvalue weighted by molar-refractivity contribution is 0.0697. The maximum Gasteiger partial charge on any atom is 0.335 e. The summed E-state index contributed by atoms with van der Waals surface area (Å²) in [6, 6.07) is 11.9. The highest BCUT2D eigenvalue weighted by Gasteiger charge is 2.08. The van der Waals surface area contributed by atoms with E-state index in [0.717, 1.165) is 5.56 Å². The number of carboxylic acids is 1. The summed E-state index contributed by atoms with van der Waals surface area (Å²) < 4.78 is 0. The number of hydrogen-bond acceptors (Lipinski definition) is 3. The van der Waals surface area contributed by atoms with Crippen molar-refractivity contribution in [3.8, 4) is 11.1 Å². The molecule has 0 heterocycles. The second-order valence-corrected chi connectivity index (χ2v) is 3.74. The Morgan fingerprint density at radius 2 is 1.76 bits per heavy atom. The number of carboxylic acid groups (broad SMARTS) is 1. The molecule has 0 amide bonds. The molecule has 2 aromatic rings. The van der Waals surface area contributed by atoms with Crippen molar-refractivity contribution in [1.29, 1.82) is 0 Å². The number of hydrogen-bond donors (Lipinski definition) is 3. The molecular weight excluding hydrogens is 216 g/mol. The first-order chi connectivity index (χ1) is 8.08. The molecule has 0 aliphatic carbocycles. The second kappa shape index (κ2) is 4.17. The molecule has 0 spiro atoms. The fourth-order valence-corrected chi connectivity index (χ4v) is 1.69. The zero-order valence-corrected chi connectivity index (χ0v) is 9.05. The number of nitrogen functional groups attached to an aromatic ring is 2. The highest BCUT2D eigenvalue weighted by molar-refractivity contribution is 5.92. The van der Waals surface area contributed by atoms with Crippen LogP contribution in [0.25, 0.3) is 11.1 Å². The van der Waals surface area contributed by atoms with Gasteiger partial charge in [0.2, 0.25) is 0 Å². The molecule has 2 aromatic carbocycles. The number of para-hydroxylation sites is 1. The molecule has 17 heavy (non-hydrogen) atoms. The van der Waals surface area contributed by atoms with Crippen LogP contribution in [-0.4, -0.2) is 11.1 Å². The molecule has 0 atom stereocenters. The Hall–Kier alpha value is -2.49. The minimum absolute atomic E-state index is 0.156. The summed E-state index contributed by atoms with van der Waals surface area (Å²) >= 11 is 0. The lowest BCUT2D eigenvalue weighted by Crippen LogP contribution is -1.99. The molecule has 0 bridgehead atoms. The van der Waals surface area contributed by atoms with Gasteiger partial charge in [0, 0.05) is 16.9 Å². The summed E-state index contributed by atoms with van der Waals surface area (Å²) in [6.45, 7) is 0. The number of anilines is 2. The minimum atomic E-state index is -1.01. The number of carbonyl (C=O) groups is 1. The van der Waals surface area contributed by atoms with Crippen molar-refractivity contribution in [2.24, 2.45) is 0 Å². The molecule has 0 saturated heterocycles. The van der Waals surface area contributed by atoms with Crippen molar-refractivity contribution in [3.05, 3.63) is 48.0 Å². The Kier molecular flexibility index (Phi) is 2.70. The van der Waals surface area contributed by atoms with E-state index in [9.17, 15) is 4.79 Å². The van der Waals surface area contributed by atoms with Crippen LogP contribution in [0.4, 0.5) is 11.4 Å². The molecule has 0 aliphatic heterocycles. The Bertz CT molecular complexity index is 579. The molecule has 0 radical (unpaired) electrons. The van der Waals surface area contributed by atoms with Crippen LogP contribution in [0.15, 0.2) is 42.5 Å². The van der Waals surface area contributed by atoms with Gasteiger partial charge in [-0.15, -0.1) is 0 Å². The highest BCUT2D eigenvalue weighted by atomic mass is 16.4. The van der Waals surface area contributed by atoms with E-state index in [-0.39, 0.29) is 5.56 Å². The van der Waals surface area contributed by atoms with Gasteiger partial charge in [0.05, 0.1) is 5.56 Å². The van der Waals surface area contributed by atoms with Crippen molar-refractivity contribution in [2.45, 2.75) is 0 Å². The molecule has 0 saturated carbocycles. The predicted molar refractivity (Wildman–Crippen MR) is 67.7 cm³/mol. The fourth-order valence-electron chi connectivity index (χ4n) is 1.69. The first-order valence-corrected chi connectivity index (χ1v) is 5.06. The third-order valence-electron chi connectivity index (χ3n) is 2.47. The molecule has 0 aromatic heterocycles. The first kappa shape index (κ1) is 11.0. The van der Waals surface area contributed by atoms with Gasteiger partial charge >= 0.3 is 5.97 Å². The maximum absolute atomic E-state index is 10.9. The van der Waals surface area contributed by atoms with Gasteiger partial charge in [0.15, 0.2) is 0 Å². The molecule has 4 heteroatoms. The van der Waals surface area contributed by atoms with E-state index < -0.39 is 5.97 Å². The van der Waals surface area contributed by atoms with Crippen LogP contribution < -0.4 is 11.5 Å². The van der Waals surface area contributed by atoms with Crippen molar-refractivity contribution < 1.29 is 9.90 Å². The molecule has 86 valence electrons. The Balaban J connectivity index is 2.60. The average Bonchev–Trinajstić information content (AvgIpc) is 2.28. The topological polar surface area (TPSA) is 89.3 Å². The molecular formula is C13H12N2O2. The van der Waals surface area contributed by atoms with Crippen LogP contribution in [0, 0.1) is 0 Å². The molecule has 2 rings (SSSR count). The van der Waals surface area contributed by atoms with Crippen molar-refractivity contribution in [2.75, 3.05) is 11.5 Å². The van der Waals surface area contributed by atoms with Gasteiger partial charge in [0.1, 0.15) is 0 Å². The minimum Gasteiger partial charge on any atom is -0.478 e. The van der Waals surface area contributed by atoms with E-state index in [0.29, 0.717) is 16.9 Å². The lowest BCUT2D eigenvalue weighted by atomic mass is 10.0. The maximum atomic E-state index is 10.9. The lowest BCUT2D eigenvalue weighted by Gasteiger charge is -2.07. The Morgan fingerprint density at radius 3 is 2.41 bits per heavy atom. The second-order valence-electron chi connectivity index (χ2n) is 3.74. The highest BCUT2D eigenvalue weighted by Crippen LogP contribution is 2.28. The molecule has 0 fully saturated rings. The number of benzene rings is 2. The van der Waals surface area contributed by atoms with E-state index in [4.69, 9.17) is 16.6 Å². The SMILES string of the molecule is Nc1cc(C(=O)O)cc(-c2ccccc2N)c1. The van der Waals surface area contributed by atoms with Crippen LogP contribution >= 0.6 is 0 Å². The molecule has 0 unspecified atom stereocenters. The van der Waals surface area contributed by atoms with Crippen LogP contribution in [0.2, 0.25) is 0 Å². The third kappa shape index (κ3) is 2.20. The van der Waals surface area contributed by atoms with Crippen molar-refractivity contribution >= 4 is 17.3 Å². The van der Waals surface area contributed by atoms with Crippen molar-refractivity contribution in [3.63, 3.8) is 0 Å². The van der Waals surface area contributed by atoms with Crippen LogP contribution in [0.5, 0.6) is 0 Å². The van der Waals surface area contributed by atoms with Crippen LogP contribution in [0.1, 0.15) is 10.4 Å². The van der Waals surface area contributed by atoms with E-state index in [1.54, 1.807) is 18.2 Å². The van der Waals surface area contributed by atoms with Crippen molar-refractivity contribution in [1.82, 2.24) is 0 Å². The van der Waals surface area contributed by atoms with Gasteiger partial charge in [-0.25, -0.2) is 4.79 Å². The largest absolute Gasteiger partial charge is 0.478 e. The van der Waals surface area contributed by atoms with Crippen LogP contribution in [0.3, 0.4) is 0 Å². The monoisotopic (exact) mass is 228 g/mol.